The van der Waals surface area contributed by atoms with Crippen LogP contribution >= 0.6 is 0 Å². The highest BCUT2D eigenvalue weighted by molar-refractivity contribution is 5.75. The fraction of sp³-hybridized carbons (Fsp3) is 0.909. The minimum absolute atomic E-state index is 0.101. The predicted octanol–water partition coefficient (Wildman–Crippen LogP) is 0.263. The maximum atomic E-state index is 11.4. The molecule has 0 heterocycles. The van der Waals surface area contributed by atoms with E-state index in [4.69, 9.17) is 0 Å². The first kappa shape index (κ1) is 12.5. The molecule has 0 aliphatic heterocycles. The molecule has 3 N–H and O–H groups in total. The van der Waals surface area contributed by atoms with Gasteiger partial charge in [0.2, 0.25) is 5.91 Å². The van der Waals surface area contributed by atoms with Crippen molar-refractivity contribution in [2.75, 3.05) is 20.1 Å². The van der Waals surface area contributed by atoms with E-state index in [0.717, 1.165) is 32.2 Å². The first-order valence-electron chi connectivity index (χ1n) is 5.83. The molecule has 2 unspecified atom stereocenters. The van der Waals surface area contributed by atoms with Gasteiger partial charge in [-0.2, -0.15) is 0 Å². The van der Waals surface area contributed by atoms with Gasteiger partial charge in [0.05, 0.1) is 6.10 Å². The first-order chi connectivity index (χ1) is 7.24. The highest BCUT2D eigenvalue weighted by Gasteiger charge is 2.25. The van der Waals surface area contributed by atoms with Crippen LogP contribution in [0.4, 0.5) is 0 Å². The van der Waals surface area contributed by atoms with Crippen molar-refractivity contribution < 1.29 is 9.90 Å². The summed E-state index contributed by atoms with van der Waals surface area (Å²) in [6.45, 7) is 1.51. The zero-order valence-electron chi connectivity index (χ0n) is 9.46. The van der Waals surface area contributed by atoms with Gasteiger partial charge in [-0.1, -0.05) is 6.42 Å². The first-order valence-corrected chi connectivity index (χ1v) is 5.83. The molecular formula is C11H22N2O2. The van der Waals surface area contributed by atoms with Gasteiger partial charge in [0, 0.05) is 18.9 Å². The number of carbonyl (C=O) groups excluding carboxylic acids is 1. The molecular weight excluding hydrogens is 192 g/mol. The Hall–Kier alpha value is -0.610. The van der Waals surface area contributed by atoms with Crippen LogP contribution in [-0.4, -0.2) is 37.3 Å². The van der Waals surface area contributed by atoms with Crippen molar-refractivity contribution in [3.8, 4) is 0 Å². The maximum absolute atomic E-state index is 11.4. The van der Waals surface area contributed by atoms with Gasteiger partial charge in [-0.25, -0.2) is 0 Å². The van der Waals surface area contributed by atoms with Crippen LogP contribution in [0.3, 0.4) is 0 Å². The van der Waals surface area contributed by atoms with E-state index >= 15 is 0 Å². The standard InChI is InChI=1S/C11H22N2O2/c1-12-7-3-6-11(15)13-8-9-4-2-5-10(9)14/h9-10,12,14H,2-8H2,1H3,(H,13,15). The van der Waals surface area contributed by atoms with Gasteiger partial charge in [-0.15, -0.1) is 0 Å². The summed E-state index contributed by atoms with van der Waals surface area (Å²) < 4.78 is 0. The van der Waals surface area contributed by atoms with Crippen molar-refractivity contribution in [3.63, 3.8) is 0 Å². The smallest absolute Gasteiger partial charge is 0.220 e. The molecule has 2 atom stereocenters. The number of amides is 1. The van der Waals surface area contributed by atoms with Crippen molar-refractivity contribution in [2.24, 2.45) is 5.92 Å². The Morgan fingerprint density at radius 2 is 2.27 bits per heavy atom. The Bertz CT molecular complexity index is 197. The molecule has 0 spiro atoms. The molecule has 15 heavy (non-hydrogen) atoms. The molecule has 1 saturated carbocycles. The second-order valence-corrected chi connectivity index (χ2v) is 4.27. The third-order valence-corrected chi connectivity index (χ3v) is 3.01. The SMILES string of the molecule is CNCCCC(=O)NCC1CCCC1O. The minimum Gasteiger partial charge on any atom is -0.393 e. The molecule has 1 fully saturated rings. The monoisotopic (exact) mass is 214 g/mol. The summed E-state index contributed by atoms with van der Waals surface area (Å²) in [6.07, 6.45) is 4.25. The van der Waals surface area contributed by atoms with E-state index in [1.807, 2.05) is 7.05 Å². The molecule has 0 radical (unpaired) electrons. The molecule has 0 bridgehead atoms. The van der Waals surface area contributed by atoms with E-state index in [-0.39, 0.29) is 17.9 Å². The average molecular weight is 214 g/mol. The quantitative estimate of drug-likeness (QED) is 0.556. The number of aliphatic hydroxyl groups excluding tert-OH is 1. The van der Waals surface area contributed by atoms with Gasteiger partial charge >= 0.3 is 0 Å². The molecule has 1 aliphatic carbocycles. The molecule has 1 amide bonds. The van der Waals surface area contributed by atoms with E-state index in [9.17, 15) is 9.90 Å². The van der Waals surface area contributed by atoms with Crippen LogP contribution in [0.1, 0.15) is 32.1 Å². The highest BCUT2D eigenvalue weighted by atomic mass is 16.3. The van der Waals surface area contributed by atoms with Crippen molar-refractivity contribution in [3.05, 3.63) is 0 Å². The van der Waals surface area contributed by atoms with Crippen LogP contribution in [0.2, 0.25) is 0 Å². The number of aliphatic hydroxyl groups is 1. The van der Waals surface area contributed by atoms with E-state index in [0.29, 0.717) is 13.0 Å². The third kappa shape index (κ3) is 4.62. The second kappa shape index (κ2) is 6.80. The zero-order valence-corrected chi connectivity index (χ0v) is 9.46. The van der Waals surface area contributed by atoms with Crippen LogP contribution in [0.15, 0.2) is 0 Å². The lowest BCUT2D eigenvalue weighted by molar-refractivity contribution is -0.121. The van der Waals surface area contributed by atoms with Crippen LogP contribution < -0.4 is 10.6 Å². The normalized spacial score (nSPS) is 25.5. The number of rotatable bonds is 6. The van der Waals surface area contributed by atoms with Crippen molar-refractivity contribution >= 4 is 5.91 Å². The van der Waals surface area contributed by atoms with Gasteiger partial charge in [-0.05, 0) is 32.9 Å². The zero-order chi connectivity index (χ0) is 11.1. The number of carbonyl (C=O) groups is 1. The lowest BCUT2D eigenvalue weighted by atomic mass is 10.1. The van der Waals surface area contributed by atoms with E-state index in [1.54, 1.807) is 0 Å². The molecule has 88 valence electrons. The van der Waals surface area contributed by atoms with Gasteiger partial charge in [0.1, 0.15) is 0 Å². The lowest BCUT2D eigenvalue weighted by Crippen LogP contribution is -2.32. The van der Waals surface area contributed by atoms with Crippen molar-refractivity contribution in [1.82, 2.24) is 10.6 Å². The average Bonchev–Trinajstić information content (AvgIpc) is 2.61. The Morgan fingerprint density at radius 1 is 1.47 bits per heavy atom. The summed E-state index contributed by atoms with van der Waals surface area (Å²) in [5.74, 6) is 0.377. The highest BCUT2D eigenvalue weighted by Crippen LogP contribution is 2.24. The fourth-order valence-electron chi connectivity index (χ4n) is 2.01. The Morgan fingerprint density at radius 3 is 2.87 bits per heavy atom. The third-order valence-electron chi connectivity index (χ3n) is 3.01. The summed E-state index contributed by atoms with van der Waals surface area (Å²) in [6, 6.07) is 0. The summed E-state index contributed by atoms with van der Waals surface area (Å²) in [4.78, 5) is 11.4. The summed E-state index contributed by atoms with van der Waals surface area (Å²) in [5, 5.41) is 15.4. The summed E-state index contributed by atoms with van der Waals surface area (Å²) >= 11 is 0. The minimum atomic E-state index is -0.206. The lowest BCUT2D eigenvalue weighted by Gasteiger charge is -2.14. The molecule has 0 aromatic heterocycles. The van der Waals surface area contributed by atoms with Gasteiger partial charge in [-0.3, -0.25) is 4.79 Å². The van der Waals surface area contributed by atoms with Gasteiger partial charge < -0.3 is 15.7 Å². The molecule has 0 aromatic rings. The van der Waals surface area contributed by atoms with Gasteiger partial charge in [0.25, 0.3) is 0 Å². The summed E-state index contributed by atoms with van der Waals surface area (Å²) in [5.41, 5.74) is 0. The van der Waals surface area contributed by atoms with Crippen LogP contribution in [0.25, 0.3) is 0 Å². The van der Waals surface area contributed by atoms with Crippen LogP contribution in [0.5, 0.6) is 0 Å². The second-order valence-electron chi connectivity index (χ2n) is 4.27. The largest absolute Gasteiger partial charge is 0.393 e. The number of hydrogen-bond acceptors (Lipinski definition) is 3. The van der Waals surface area contributed by atoms with E-state index in [1.165, 1.54) is 0 Å². The van der Waals surface area contributed by atoms with Crippen LogP contribution in [0, 0.1) is 5.92 Å². The molecule has 0 aromatic carbocycles. The maximum Gasteiger partial charge on any atom is 0.220 e. The Labute approximate surface area is 91.4 Å². The molecule has 1 rings (SSSR count). The predicted molar refractivity (Wildman–Crippen MR) is 59.5 cm³/mol. The fourth-order valence-corrected chi connectivity index (χ4v) is 2.01. The van der Waals surface area contributed by atoms with Gasteiger partial charge in [0.15, 0.2) is 0 Å². The Balaban J connectivity index is 2.05. The molecule has 4 heteroatoms. The molecule has 1 aliphatic rings. The Kier molecular flexibility index (Phi) is 5.65. The molecule has 0 saturated heterocycles. The topological polar surface area (TPSA) is 61.4 Å². The van der Waals surface area contributed by atoms with E-state index in [2.05, 4.69) is 10.6 Å². The van der Waals surface area contributed by atoms with E-state index < -0.39 is 0 Å². The van der Waals surface area contributed by atoms with Crippen molar-refractivity contribution in [2.45, 2.75) is 38.2 Å². The number of hydrogen-bond donors (Lipinski definition) is 3. The van der Waals surface area contributed by atoms with Crippen LogP contribution in [-0.2, 0) is 4.79 Å². The summed E-state index contributed by atoms with van der Waals surface area (Å²) in [7, 11) is 1.88. The molecule has 4 nitrogen and oxygen atoms in total. The number of nitrogens with one attached hydrogen (secondary N) is 2. The van der Waals surface area contributed by atoms with Crippen molar-refractivity contribution in [1.29, 1.82) is 0 Å².